The molecule has 5 nitrogen and oxygen atoms in total. The first-order valence-electron chi connectivity index (χ1n) is 11.7. The standard InChI is InChI=1S/C28H31N3O2/c1-3-15-30-27(33)28(14-17-31(20-28)26(32)25-13-6-7-16-29-25)19-23-10-4-5-12-24(23)22-11-8-9-21(2)18-22/h4-13,16,18H,3,14-15,17,19-20H2,1-2H3,(H,30,33)/t28-/m0/s1. The van der Waals surface area contributed by atoms with Crippen molar-refractivity contribution in [3.8, 4) is 11.1 Å². The second-order valence-corrected chi connectivity index (χ2v) is 8.93. The Bertz CT molecular complexity index is 1130. The lowest BCUT2D eigenvalue weighted by atomic mass is 9.78. The summed E-state index contributed by atoms with van der Waals surface area (Å²) in [5.74, 6) is -0.0903. The normalized spacial score (nSPS) is 17.7. The summed E-state index contributed by atoms with van der Waals surface area (Å²) in [5.41, 5.74) is 4.36. The van der Waals surface area contributed by atoms with Gasteiger partial charge in [0.25, 0.3) is 5.91 Å². The molecular weight excluding hydrogens is 410 g/mol. The van der Waals surface area contributed by atoms with Crippen LogP contribution >= 0.6 is 0 Å². The Morgan fingerprint density at radius 1 is 1.06 bits per heavy atom. The summed E-state index contributed by atoms with van der Waals surface area (Å²) >= 11 is 0. The molecule has 5 heteroatoms. The van der Waals surface area contributed by atoms with Crippen LogP contribution in [0, 0.1) is 12.3 Å². The molecule has 2 aromatic carbocycles. The topological polar surface area (TPSA) is 62.3 Å². The van der Waals surface area contributed by atoms with Crippen LogP contribution < -0.4 is 5.32 Å². The quantitative estimate of drug-likeness (QED) is 0.580. The smallest absolute Gasteiger partial charge is 0.272 e. The van der Waals surface area contributed by atoms with E-state index in [1.54, 1.807) is 23.2 Å². The van der Waals surface area contributed by atoms with Crippen LogP contribution in [0.2, 0.25) is 0 Å². The molecule has 0 radical (unpaired) electrons. The van der Waals surface area contributed by atoms with Crippen molar-refractivity contribution in [2.24, 2.45) is 5.41 Å². The Hall–Kier alpha value is -3.47. The number of rotatable bonds is 7. The lowest BCUT2D eigenvalue weighted by Crippen LogP contribution is -2.45. The zero-order valence-corrected chi connectivity index (χ0v) is 19.4. The lowest BCUT2D eigenvalue weighted by Gasteiger charge is -2.29. The van der Waals surface area contributed by atoms with Crippen molar-refractivity contribution in [3.05, 3.63) is 89.7 Å². The van der Waals surface area contributed by atoms with Crippen LogP contribution in [0.15, 0.2) is 72.9 Å². The number of aromatic nitrogens is 1. The number of carbonyl (C=O) groups excluding carboxylic acids is 2. The molecule has 2 amide bonds. The second kappa shape index (κ2) is 9.99. The van der Waals surface area contributed by atoms with Gasteiger partial charge in [-0.15, -0.1) is 0 Å². The van der Waals surface area contributed by atoms with Gasteiger partial charge in [-0.2, -0.15) is 0 Å². The van der Waals surface area contributed by atoms with Crippen LogP contribution in [0.3, 0.4) is 0 Å². The van der Waals surface area contributed by atoms with E-state index >= 15 is 0 Å². The number of carbonyl (C=O) groups is 2. The number of pyridine rings is 1. The summed E-state index contributed by atoms with van der Waals surface area (Å²) in [6, 6.07) is 22.1. The van der Waals surface area contributed by atoms with Crippen molar-refractivity contribution in [1.29, 1.82) is 0 Å². The van der Waals surface area contributed by atoms with E-state index < -0.39 is 5.41 Å². The lowest BCUT2D eigenvalue weighted by molar-refractivity contribution is -0.130. The van der Waals surface area contributed by atoms with Crippen LogP contribution in [0.1, 0.15) is 41.4 Å². The van der Waals surface area contributed by atoms with E-state index in [0.29, 0.717) is 38.2 Å². The van der Waals surface area contributed by atoms with E-state index in [-0.39, 0.29) is 11.8 Å². The van der Waals surface area contributed by atoms with Gasteiger partial charge in [-0.25, -0.2) is 0 Å². The maximum absolute atomic E-state index is 13.5. The van der Waals surface area contributed by atoms with Gasteiger partial charge in [0.1, 0.15) is 5.69 Å². The fourth-order valence-electron chi connectivity index (χ4n) is 4.67. The van der Waals surface area contributed by atoms with E-state index in [0.717, 1.165) is 23.1 Å². The van der Waals surface area contributed by atoms with Crippen LogP contribution in [-0.4, -0.2) is 41.3 Å². The third-order valence-electron chi connectivity index (χ3n) is 6.42. The third-order valence-corrected chi connectivity index (χ3v) is 6.42. The minimum Gasteiger partial charge on any atom is -0.356 e. The van der Waals surface area contributed by atoms with Crippen LogP contribution in [0.4, 0.5) is 0 Å². The molecule has 33 heavy (non-hydrogen) atoms. The van der Waals surface area contributed by atoms with E-state index in [2.05, 4.69) is 53.6 Å². The molecule has 1 N–H and O–H groups in total. The second-order valence-electron chi connectivity index (χ2n) is 8.93. The minimum absolute atomic E-state index is 0.0275. The molecule has 0 unspecified atom stereocenters. The van der Waals surface area contributed by atoms with Crippen molar-refractivity contribution in [3.63, 3.8) is 0 Å². The van der Waals surface area contributed by atoms with Crippen LogP contribution in [0.5, 0.6) is 0 Å². The number of benzene rings is 2. The zero-order valence-electron chi connectivity index (χ0n) is 19.4. The van der Waals surface area contributed by atoms with Gasteiger partial charge in [0, 0.05) is 25.8 Å². The zero-order chi connectivity index (χ0) is 23.3. The van der Waals surface area contributed by atoms with Crippen molar-refractivity contribution < 1.29 is 9.59 Å². The fraction of sp³-hybridized carbons (Fsp3) is 0.321. The summed E-state index contributed by atoms with van der Waals surface area (Å²) in [4.78, 5) is 32.6. The van der Waals surface area contributed by atoms with Crippen molar-refractivity contribution in [2.75, 3.05) is 19.6 Å². The largest absolute Gasteiger partial charge is 0.356 e. The summed E-state index contributed by atoms with van der Waals surface area (Å²) in [5, 5.41) is 3.11. The molecule has 1 fully saturated rings. The molecule has 1 atom stereocenters. The SMILES string of the molecule is CCCNC(=O)[C@]1(Cc2ccccc2-c2cccc(C)c2)CCN(C(=O)c2ccccn2)C1. The average molecular weight is 442 g/mol. The molecule has 0 aliphatic carbocycles. The maximum atomic E-state index is 13.5. The molecule has 3 aromatic rings. The first-order valence-corrected chi connectivity index (χ1v) is 11.7. The minimum atomic E-state index is -0.667. The van der Waals surface area contributed by atoms with E-state index in [1.807, 2.05) is 25.1 Å². The maximum Gasteiger partial charge on any atom is 0.272 e. The molecule has 170 valence electrons. The summed E-state index contributed by atoms with van der Waals surface area (Å²) < 4.78 is 0. The van der Waals surface area contributed by atoms with Crippen molar-refractivity contribution in [2.45, 2.75) is 33.1 Å². The number of nitrogens with zero attached hydrogens (tertiary/aromatic N) is 2. The number of nitrogens with one attached hydrogen (secondary N) is 1. The van der Waals surface area contributed by atoms with Gasteiger partial charge in [0.15, 0.2) is 0 Å². The predicted octanol–water partition coefficient (Wildman–Crippen LogP) is 4.66. The number of aryl methyl sites for hydroxylation is 1. The van der Waals surface area contributed by atoms with E-state index in [4.69, 9.17) is 0 Å². The Morgan fingerprint density at radius 2 is 1.88 bits per heavy atom. The Morgan fingerprint density at radius 3 is 2.64 bits per heavy atom. The van der Waals surface area contributed by atoms with Crippen molar-refractivity contribution >= 4 is 11.8 Å². The van der Waals surface area contributed by atoms with Gasteiger partial charge in [0.2, 0.25) is 5.91 Å². The molecule has 2 heterocycles. The third kappa shape index (κ3) is 4.98. The molecule has 0 bridgehead atoms. The molecule has 1 aliphatic heterocycles. The Kier molecular flexibility index (Phi) is 6.87. The number of likely N-dealkylation sites (tertiary alicyclic amines) is 1. The van der Waals surface area contributed by atoms with Crippen molar-refractivity contribution in [1.82, 2.24) is 15.2 Å². The van der Waals surface area contributed by atoms with Crippen LogP contribution in [-0.2, 0) is 11.2 Å². The molecule has 0 saturated carbocycles. The highest BCUT2D eigenvalue weighted by atomic mass is 16.2. The van der Waals surface area contributed by atoms with Gasteiger partial charge in [0.05, 0.1) is 5.41 Å². The first kappa shape index (κ1) is 22.7. The molecule has 4 rings (SSSR count). The van der Waals surface area contributed by atoms with Gasteiger partial charge in [-0.3, -0.25) is 14.6 Å². The van der Waals surface area contributed by atoms with Gasteiger partial charge >= 0.3 is 0 Å². The summed E-state index contributed by atoms with van der Waals surface area (Å²) in [6.07, 6.45) is 3.71. The average Bonchev–Trinajstić information content (AvgIpc) is 3.28. The number of hydrogen-bond acceptors (Lipinski definition) is 3. The Labute approximate surface area is 195 Å². The van der Waals surface area contributed by atoms with E-state index in [9.17, 15) is 9.59 Å². The van der Waals surface area contributed by atoms with E-state index in [1.165, 1.54) is 5.56 Å². The number of amides is 2. The molecule has 1 saturated heterocycles. The fourth-order valence-corrected chi connectivity index (χ4v) is 4.67. The molecule has 1 aliphatic rings. The Balaban J connectivity index is 1.66. The highest BCUT2D eigenvalue weighted by Gasteiger charge is 2.46. The van der Waals surface area contributed by atoms with Gasteiger partial charge < -0.3 is 10.2 Å². The van der Waals surface area contributed by atoms with Gasteiger partial charge in [-0.05, 0) is 55.0 Å². The van der Waals surface area contributed by atoms with Gasteiger partial charge in [-0.1, -0.05) is 67.1 Å². The number of hydrogen-bond donors (Lipinski definition) is 1. The monoisotopic (exact) mass is 441 g/mol. The molecule has 1 aromatic heterocycles. The van der Waals surface area contributed by atoms with Crippen LogP contribution in [0.25, 0.3) is 11.1 Å². The summed E-state index contributed by atoms with van der Waals surface area (Å²) in [6.45, 7) is 5.70. The highest BCUT2D eigenvalue weighted by Crippen LogP contribution is 2.38. The highest BCUT2D eigenvalue weighted by molar-refractivity contribution is 5.94. The summed E-state index contributed by atoms with van der Waals surface area (Å²) in [7, 11) is 0. The first-order chi connectivity index (χ1) is 16.0. The molecule has 0 spiro atoms. The molecular formula is C28H31N3O2. The predicted molar refractivity (Wildman–Crippen MR) is 131 cm³/mol.